The van der Waals surface area contributed by atoms with E-state index in [1.807, 2.05) is 19.1 Å². The molecule has 0 saturated carbocycles. The molecular formula is C20H22O5S. The van der Waals surface area contributed by atoms with Crippen molar-refractivity contribution in [3.8, 4) is 11.5 Å². The van der Waals surface area contributed by atoms with Gasteiger partial charge in [0.15, 0.2) is 27.1 Å². The molecule has 0 aromatic heterocycles. The third kappa shape index (κ3) is 5.20. The summed E-state index contributed by atoms with van der Waals surface area (Å²) in [5.74, 6) is 1.05. The topological polar surface area (TPSA) is 69.7 Å². The predicted octanol–water partition coefficient (Wildman–Crippen LogP) is 3.78. The number of hydrogen-bond acceptors (Lipinski definition) is 5. The summed E-state index contributed by atoms with van der Waals surface area (Å²) in [4.78, 5) is 12.5. The highest BCUT2D eigenvalue weighted by atomic mass is 32.2. The number of benzene rings is 2. The number of hydrogen-bond donors (Lipinski definition) is 0. The van der Waals surface area contributed by atoms with E-state index in [0.29, 0.717) is 23.7 Å². The lowest BCUT2D eigenvalue weighted by Crippen LogP contribution is -1.99. The van der Waals surface area contributed by atoms with Crippen molar-refractivity contribution in [1.29, 1.82) is 0 Å². The standard InChI is InChI=1S/C20H22O5S/c1-4-13-25-20-14-15(6-12-19(20)24-2)5-11-18(21)16-7-9-17(10-8-16)26(3,22)23/h5-12,14H,4,13H2,1-3H3/b11-5+. The zero-order valence-corrected chi connectivity index (χ0v) is 15.9. The van der Waals surface area contributed by atoms with Crippen LogP contribution >= 0.6 is 0 Å². The van der Waals surface area contributed by atoms with E-state index in [9.17, 15) is 13.2 Å². The predicted molar refractivity (Wildman–Crippen MR) is 102 cm³/mol. The van der Waals surface area contributed by atoms with Crippen LogP contribution in [-0.2, 0) is 9.84 Å². The molecule has 0 unspecified atom stereocenters. The van der Waals surface area contributed by atoms with Crippen LogP contribution in [0.15, 0.2) is 53.4 Å². The van der Waals surface area contributed by atoms with Crippen LogP contribution in [0.1, 0.15) is 29.3 Å². The summed E-state index contributed by atoms with van der Waals surface area (Å²) < 4.78 is 33.8. The summed E-state index contributed by atoms with van der Waals surface area (Å²) in [6, 6.07) is 11.3. The molecule has 0 radical (unpaired) electrons. The summed E-state index contributed by atoms with van der Waals surface area (Å²) in [6.45, 7) is 2.60. The molecule has 0 heterocycles. The van der Waals surface area contributed by atoms with Gasteiger partial charge in [0.2, 0.25) is 0 Å². The van der Waals surface area contributed by atoms with E-state index >= 15 is 0 Å². The molecule has 6 heteroatoms. The molecule has 2 aromatic carbocycles. The molecular weight excluding hydrogens is 352 g/mol. The first-order valence-electron chi connectivity index (χ1n) is 8.18. The van der Waals surface area contributed by atoms with Gasteiger partial charge in [0.25, 0.3) is 0 Å². The highest BCUT2D eigenvalue weighted by Gasteiger charge is 2.09. The monoisotopic (exact) mass is 374 g/mol. The van der Waals surface area contributed by atoms with E-state index in [1.165, 1.54) is 30.3 Å². The van der Waals surface area contributed by atoms with E-state index in [4.69, 9.17) is 9.47 Å². The number of ether oxygens (including phenoxy) is 2. The maximum atomic E-state index is 12.3. The van der Waals surface area contributed by atoms with Crippen LogP contribution in [0.25, 0.3) is 6.08 Å². The van der Waals surface area contributed by atoms with Gasteiger partial charge in [-0.15, -0.1) is 0 Å². The van der Waals surface area contributed by atoms with Crippen molar-refractivity contribution in [2.24, 2.45) is 0 Å². The van der Waals surface area contributed by atoms with Gasteiger partial charge in [0.05, 0.1) is 18.6 Å². The van der Waals surface area contributed by atoms with Crippen LogP contribution in [-0.4, -0.2) is 34.2 Å². The highest BCUT2D eigenvalue weighted by Crippen LogP contribution is 2.28. The molecule has 26 heavy (non-hydrogen) atoms. The van der Waals surface area contributed by atoms with Crippen molar-refractivity contribution in [3.63, 3.8) is 0 Å². The fourth-order valence-corrected chi connectivity index (χ4v) is 2.89. The Kier molecular flexibility index (Phi) is 6.58. The van der Waals surface area contributed by atoms with Crippen LogP contribution < -0.4 is 9.47 Å². The van der Waals surface area contributed by atoms with Gasteiger partial charge in [-0.25, -0.2) is 8.42 Å². The van der Waals surface area contributed by atoms with Crippen molar-refractivity contribution in [3.05, 3.63) is 59.7 Å². The zero-order valence-electron chi connectivity index (χ0n) is 15.1. The van der Waals surface area contributed by atoms with Crippen molar-refractivity contribution < 1.29 is 22.7 Å². The fourth-order valence-electron chi connectivity index (χ4n) is 2.26. The van der Waals surface area contributed by atoms with E-state index in [0.717, 1.165) is 18.2 Å². The molecule has 0 saturated heterocycles. The minimum Gasteiger partial charge on any atom is -0.493 e. The lowest BCUT2D eigenvalue weighted by atomic mass is 10.1. The van der Waals surface area contributed by atoms with E-state index in [-0.39, 0.29) is 10.7 Å². The summed E-state index contributed by atoms with van der Waals surface area (Å²) in [7, 11) is -1.70. The van der Waals surface area contributed by atoms with Gasteiger partial charge >= 0.3 is 0 Å². The molecule has 0 bridgehead atoms. The van der Waals surface area contributed by atoms with Crippen molar-refractivity contribution in [2.75, 3.05) is 20.0 Å². The zero-order chi connectivity index (χ0) is 19.2. The van der Waals surface area contributed by atoms with Gasteiger partial charge in [-0.1, -0.05) is 19.1 Å². The molecule has 2 aromatic rings. The third-order valence-electron chi connectivity index (χ3n) is 3.64. The summed E-state index contributed by atoms with van der Waals surface area (Å²) in [5.41, 5.74) is 1.22. The maximum absolute atomic E-state index is 12.3. The number of sulfone groups is 1. The number of ketones is 1. The molecule has 0 fully saturated rings. The van der Waals surface area contributed by atoms with Crippen molar-refractivity contribution >= 4 is 21.7 Å². The van der Waals surface area contributed by atoms with Crippen LogP contribution in [0.4, 0.5) is 0 Å². The number of rotatable bonds is 8. The number of carbonyl (C=O) groups is 1. The van der Waals surface area contributed by atoms with Gasteiger partial charge in [-0.2, -0.15) is 0 Å². The average molecular weight is 374 g/mol. The largest absolute Gasteiger partial charge is 0.493 e. The van der Waals surface area contributed by atoms with Crippen molar-refractivity contribution in [1.82, 2.24) is 0 Å². The van der Waals surface area contributed by atoms with Gasteiger partial charge in [-0.05, 0) is 54.5 Å². The van der Waals surface area contributed by atoms with Crippen LogP contribution in [0.3, 0.4) is 0 Å². The maximum Gasteiger partial charge on any atom is 0.185 e. The Hall–Kier alpha value is -2.60. The van der Waals surface area contributed by atoms with Crippen LogP contribution in [0.2, 0.25) is 0 Å². The van der Waals surface area contributed by atoms with Gasteiger partial charge in [0.1, 0.15) is 0 Å². The Morgan fingerprint density at radius 2 is 1.77 bits per heavy atom. The molecule has 0 spiro atoms. The molecule has 2 rings (SSSR count). The molecule has 0 amide bonds. The average Bonchev–Trinajstić information content (AvgIpc) is 2.63. The minimum atomic E-state index is -3.27. The fraction of sp³-hybridized carbons (Fsp3) is 0.250. The summed E-state index contributed by atoms with van der Waals surface area (Å²) in [6.07, 6.45) is 5.14. The second-order valence-corrected chi connectivity index (χ2v) is 7.77. The Morgan fingerprint density at radius 1 is 1.08 bits per heavy atom. The normalized spacial score (nSPS) is 11.5. The lowest BCUT2D eigenvalue weighted by Gasteiger charge is -2.10. The molecule has 0 aliphatic carbocycles. The number of allylic oxidation sites excluding steroid dienone is 1. The van der Waals surface area contributed by atoms with E-state index in [1.54, 1.807) is 19.3 Å². The molecule has 0 aliphatic heterocycles. The first kappa shape index (κ1) is 19.7. The second-order valence-electron chi connectivity index (χ2n) is 5.75. The third-order valence-corrected chi connectivity index (χ3v) is 4.77. The Balaban J connectivity index is 2.17. The highest BCUT2D eigenvalue weighted by molar-refractivity contribution is 7.90. The quantitative estimate of drug-likeness (QED) is 0.519. The van der Waals surface area contributed by atoms with E-state index < -0.39 is 9.84 Å². The minimum absolute atomic E-state index is 0.186. The SMILES string of the molecule is CCCOc1cc(/C=C/C(=O)c2ccc(S(C)(=O)=O)cc2)ccc1OC. The number of carbonyl (C=O) groups excluding carboxylic acids is 1. The molecule has 0 aliphatic rings. The van der Waals surface area contributed by atoms with Gasteiger partial charge < -0.3 is 9.47 Å². The summed E-state index contributed by atoms with van der Waals surface area (Å²) in [5, 5.41) is 0. The Labute approximate surface area is 154 Å². The van der Waals surface area contributed by atoms with Crippen LogP contribution in [0.5, 0.6) is 11.5 Å². The Morgan fingerprint density at radius 3 is 2.35 bits per heavy atom. The molecule has 0 atom stereocenters. The molecule has 0 N–H and O–H groups in total. The number of methoxy groups -OCH3 is 1. The van der Waals surface area contributed by atoms with E-state index in [2.05, 4.69) is 0 Å². The smallest absolute Gasteiger partial charge is 0.185 e. The Bertz CT molecular complexity index is 896. The van der Waals surface area contributed by atoms with Gasteiger partial charge in [0, 0.05) is 11.8 Å². The van der Waals surface area contributed by atoms with Crippen LogP contribution in [0, 0.1) is 0 Å². The lowest BCUT2D eigenvalue weighted by molar-refractivity contribution is 0.104. The van der Waals surface area contributed by atoms with Crippen molar-refractivity contribution in [2.45, 2.75) is 18.2 Å². The molecule has 138 valence electrons. The first-order valence-corrected chi connectivity index (χ1v) is 10.1. The second kappa shape index (κ2) is 8.67. The summed E-state index contributed by atoms with van der Waals surface area (Å²) >= 11 is 0. The molecule has 5 nitrogen and oxygen atoms in total. The van der Waals surface area contributed by atoms with Gasteiger partial charge in [-0.3, -0.25) is 4.79 Å². The first-order chi connectivity index (χ1) is 12.3.